The van der Waals surface area contributed by atoms with Gasteiger partial charge in [0, 0.05) is 67.5 Å². The first-order valence-electron chi connectivity index (χ1n) is 9.21. The molecule has 7 nitrogen and oxygen atoms in total. The number of likely N-dealkylation sites (tertiary alicyclic amines) is 1. The minimum absolute atomic E-state index is 0.378. The molecule has 1 aliphatic heterocycles. The molecule has 1 atom stereocenters. The predicted molar refractivity (Wildman–Crippen MR) is 102 cm³/mol. The van der Waals surface area contributed by atoms with Gasteiger partial charge in [-0.25, -0.2) is 9.50 Å². The molecule has 27 heavy (non-hydrogen) atoms. The Bertz CT molecular complexity index is 1070. The molecule has 0 saturated carbocycles. The van der Waals surface area contributed by atoms with E-state index >= 15 is 0 Å². The lowest BCUT2D eigenvalue weighted by Crippen LogP contribution is -2.19. The van der Waals surface area contributed by atoms with Crippen molar-refractivity contribution in [2.45, 2.75) is 18.9 Å². The number of hydrogen-bond donors (Lipinski definition) is 0. The van der Waals surface area contributed by atoms with Crippen LogP contribution in [0.3, 0.4) is 0 Å². The van der Waals surface area contributed by atoms with Crippen LogP contribution in [0.1, 0.15) is 23.7 Å². The van der Waals surface area contributed by atoms with Gasteiger partial charge in [0.2, 0.25) is 0 Å². The minimum atomic E-state index is 0.378. The summed E-state index contributed by atoms with van der Waals surface area (Å²) in [5, 5.41) is 9.02. The summed E-state index contributed by atoms with van der Waals surface area (Å²) in [4.78, 5) is 11.4. The van der Waals surface area contributed by atoms with Crippen molar-refractivity contribution in [1.82, 2.24) is 34.3 Å². The second-order valence-electron chi connectivity index (χ2n) is 7.18. The summed E-state index contributed by atoms with van der Waals surface area (Å²) in [7, 11) is 1.95. The van der Waals surface area contributed by atoms with E-state index in [0.29, 0.717) is 5.92 Å². The monoisotopic (exact) mass is 359 g/mol. The fraction of sp³-hybridized carbons (Fsp3) is 0.300. The highest BCUT2D eigenvalue weighted by Gasteiger charge is 2.27. The van der Waals surface area contributed by atoms with Gasteiger partial charge >= 0.3 is 0 Å². The van der Waals surface area contributed by atoms with Crippen LogP contribution in [-0.4, -0.2) is 47.4 Å². The van der Waals surface area contributed by atoms with Crippen molar-refractivity contribution >= 4 is 5.65 Å². The molecule has 5 rings (SSSR count). The quantitative estimate of drug-likeness (QED) is 0.560. The SMILES string of the molecule is Cn1cc(CN2CC[C@@H](c3nc4ccc(-c5cccnc5)cn4n3)C2)cn1. The van der Waals surface area contributed by atoms with Gasteiger partial charge in [0.15, 0.2) is 11.5 Å². The molecule has 1 fully saturated rings. The van der Waals surface area contributed by atoms with Crippen molar-refractivity contribution in [3.8, 4) is 11.1 Å². The lowest BCUT2D eigenvalue weighted by atomic mass is 10.1. The van der Waals surface area contributed by atoms with Crippen LogP contribution in [0.4, 0.5) is 0 Å². The molecule has 4 aromatic rings. The van der Waals surface area contributed by atoms with E-state index in [9.17, 15) is 0 Å². The maximum absolute atomic E-state index is 4.77. The van der Waals surface area contributed by atoms with E-state index in [2.05, 4.69) is 33.3 Å². The van der Waals surface area contributed by atoms with Crippen LogP contribution in [0.2, 0.25) is 0 Å². The first-order chi connectivity index (χ1) is 13.2. The zero-order valence-electron chi connectivity index (χ0n) is 15.2. The molecule has 1 aliphatic rings. The van der Waals surface area contributed by atoms with Crippen molar-refractivity contribution < 1.29 is 0 Å². The van der Waals surface area contributed by atoms with Crippen LogP contribution < -0.4 is 0 Å². The van der Waals surface area contributed by atoms with Gasteiger partial charge in [0.25, 0.3) is 0 Å². The molecule has 0 aromatic carbocycles. The highest BCUT2D eigenvalue weighted by Crippen LogP contribution is 2.27. The number of aryl methyl sites for hydroxylation is 1. The van der Waals surface area contributed by atoms with Crippen molar-refractivity contribution in [1.29, 1.82) is 0 Å². The van der Waals surface area contributed by atoms with Crippen molar-refractivity contribution in [3.63, 3.8) is 0 Å². The first-order valence-corrected chi connectivity index (χ1v) is 9.21. The fourth-order valence-corrected chi connectivity index (χ4v) is 3.78. The Hall–Kier alpha value is -3.06. The summed E-state index contributed by atoms with van der Waals surface area (Å²) < 4.78 is 3.74. The van der Waals surface area contributed by atoms with Gasteiger partial charge in [0.05, 0.1) is 6.20 Å². The van der Waals surface area contributed by atoms with E-state index in [0.717, 1.165) is 48.7 Å². The van der Waals surface area contributed by atoms with Crippen LogP contribution in [-0.2, 0) is 13.6 Å². The third kappa shape index (κ3) is 3.21. The molecule has 0 unspecified atom stereocenters. The Morgan fingerprint density at radius 3 is 2.89 bits per heavy atom. The summed E-state index contributed by atoms with van der Waals surface area (Å²) >= 11 is 0. The van der Waals surface area contributed by atoms with Crippen LogP contribution in [0.15, 0.2) is 55.2 Å². The van der Waals surface area contributed by atoms with Gasteiger partial charge in [-0.15, -0.1) is 0 Å². The molecule has 5 heterocycles. The Morgan fingerprint density at radius 2 is 2.07 bits per heavy atom. The molecular formula is C20H21N7. The Balaban J connectivity index is 1.34. The van der Waals surface area contributed by atoms with E-state index in [1.54, 1.807) is 6.20 Å². The largest absolute Gasteiger partial charge is 0.298 e. The number of nitrogens with zero attached hydrogens (tertiary/aromatic N) is 7. The van der Waals surface area contributed by atoms with Gasteiger partial charge in [-0.3, -0.25) is 14.6 Å². The molecule has 7 heteroatoms. The number of aromatic nitrogens is 6. The number of fused-ring (bicyclic) bond motifs is 1. The molecule has 0 aliphatic carbocycles. The molecule has 1 saturated heterocycles. The fourth-order valence-electron chi connectivity index (χ4n) is 3.78. The van der Waals surface area contributed by atoms with E-state index in [-0.39, 0.29) is 0 Å². The number of rotatable bonds is 4. The molecule has 136 valence electrons. The molecule has 0 amide bonds. The molecule has 4 aromatic heterocycles. The molecule has 0 radical (unpaired) electrons. The van der Waals surface area contributed by atoms with E-state index < -0.39 is 0 Å². The Labute approximate surface area is 157 Å². The highest BCUT2D eigenvalue weighted by atomic mass is 15.3. The summed E-state index contributed by atoms with van der Waals surface area (Å²) in [6.45, 7) is 2.99. The Kier molecular flexibility index (Phi) is 3.94. The summed E-state index contributed by atoms with van der Waals surface area (Å²) in [5.41, 5.74) is 4.32. The van der Waals surface area contributed by atoms with Crippen LogP contribution in [0.25, 0.3) is 16.8 Å². The first kappa shape index (κ1) is 16.1. The standard InChI is InChI=1S/C20H21N7/c1-25-11-15(9-22-25)12-26-8-6-18(13-26)20-23-19-5-4-17(14-27(19)24-20)16-3-2-7-21-10-16/h2-5,7,9-11,14,18H,6,8,12-13H2,1H3/t18-/m1/s1. The van der Waals surface area contributed by atoms with E-state index in [1.165, 1.54) is 5.56 Å². The molecule has 0 bridgehead atoms. The van der Waals surface area contributed by atoms with Crippen molar-refractivity contribution in [3.05, 3.63) is 66.6 Å². The van der Waals surface area contributed by atoms with Crippen LogP contribution in [0.5, 0.6) is 0 Å². The third-order valence-electron chi connectivity index (χ3n) is 5.14. The van der Waals surface area contributed by atoms with Crippen molar-refractivity contribution in [2.24, 2.45) is 7.05 Å². The topological polar surface area (TPSA) is 64.1 Å². The smallest absolute Gasteiger partial charge is 0.156 e. The molecule has 0 spiro atoms. The van der Waals surface area contributed by atoms with Gasteiger partial charge < -0.3 is 0 Å². The minimum Gasteiger partial charge on any atom is -0.298 e. The summed E-state index contributed by atoms with van der Waals surface area (Å²) in [6.07, 6.45) is 10.8. The average molecular weight is 359 g/mol. The molecule has 0 N–H and O–H groups in total. The van der Waals surface area contributed by atoms with Crippen molar-refractivity contribution in [2.75, 3.05) is 13.1 Å². The second-order valence-corrected chi connectivity index (χ2v) is 7.18. The lowest BCUT2D eigenvalue weighted by molar-refractivity contribution is 0.325. The van der Waals surface area contributed by atoms with Crippen LogP contribution in [0, 0.1) is 0 Å². The zero-order chi connectivity index (χ0) is 18.2. The number of hydrogen-bond acceptors (Lipinski definition) is 5. The predicted octanol–water partition coefficient (Wildman–Crippen LogP) is 2.51. The molecular weight excluding hydrogens is 338 g/mol. The highest BCUT2D eigenvalue weighted by molar-refractivity contribution is 5.63. The maximum atomic E-state index is 4.77. The zero-order valence-corrected chi connectivity index (χ0v) is 15.2. The van der Waals surface area contributed by atoms with E-state index in [1.807, 2.05) is 47.0 Å². The number of pyridine rings is 2. The van der Waals surface area contributed by atoms with Gasteiger partial charge in [-0.2, -0.15) is 10.2 Å². The normalized spacial score (nSPS) is 17.7. The van der Waals surface area contributed by atoms with E-state index in [4.69, 9.17) is 10.1 Å². The van der Waals surface area contributed by atoms with Crippen LogP contribution >= 0.6 is 0 Å². The average Bonchev–Trinajstić information content (AvgIpc) is 3.41. The lowest BCUT2D eigenvalue weighted by Gasteiger charge is -2.13. The summed E-state index contributed by atoms with van der Waals surface area (Å²) in [6, 6.07) is 8.11. The third-order valence-corrected chi connectivity index (χ3v) is 5.14. The summed E-state index contributed by atoms with van der Waals surface area (Å²) in [5.74, 6) is 1.32. The van der Waals surface area contributed by atoms with Gasteiger partial charge in [-0.05, 0) is 31.2 Å². The Morgan fingerprint density at radius 1 is 1.11 bits per heavy atom. The van der Waals surface area contributed by atoms with Gasteiger partial charge in [-0.1, -0.05) is 6.07 Å². The maximum Gasteiger partial charge on any atom is 0.156 e. The second kappa shape index (κ2) is 6.59. The van der Waals surface area contributed by atoms with Gasteiger partial charge in [0.1, 0.15) is 0 Å².